The molecule has 1 heterocycles. The minimum atomic E-state index is -0.00246. The van der Waals surface area contributed by atoms with E-state index in [9.17, 15) is 0 Å². The molecule has 3 rings (SSSR count). The Morgan fingerprint density at radius 3 is 2.57 bits per heavy atom. The molecule has 0 radical (unpaired) electrons. The molecule has 2 nitrogen and oxygen atoms in total. The van der Waals surface area contributed by atoms with Crippen molar-refractivity contribution in [2.45, 2.75) is 32.4 Å². The van der Waals surface area contributed by atoms with Crippen LogP contribution in [0.5, 0.6) is 0 Å². The van der Waals surface area contributed by atoms with Crippen LogP contribution in [-0.2, 0) is 5.54 Å². The lowest BCUT2D eigenvalue weighted by atomic mass is 9.88. The van der Waals surface area contributed by atoms with Crippen LogP contribution >= 0.6 is 0 Å². The summed E-state index contributed by atoms with van der Waals surface area (Å²) in [4.78, 5) is 2.52. The standard InChI is InChI=1S/C19H24N2/c1-15-8-7-11-18(12-15)21-14-19(3,20-13-16(21)2)17-9-5-4-6-10-17/h4-12,16,20H,13-14H2,1-3H3. The van der Waals surface area contributed by atoms with E-state index in [4.69, 9.17) is 0 Å². The Kier molecular flexibility index (Phi) is 3.73. The molecule has 2 unspecified atom stereocenters. The van der Waals surface area contributed by atoms with E-state index in [-0.39, 0.29) is 5.54 Å². The van der Waals surface area contributed by atoms with E-state index < -0.39 is 0 Å². The summed E-state index contributed by atoms with van der Waals surface area (Å²) >= 11 is 0. The molecule has 0 aromatic heterocycles. The summed E-state index contributed by atoms with van der Waals surface area (Å²) < 4.78 is 0. The third-order valence-electron chi connectivity index (χ3n) is 4.55. The molecule has 0 aliphatic carbocycles. The largest absolute Gasteiger partial charge is 0.365 e. The summed E-state index contributed by atoms with van der Waals surface area (Å²) in [5, 5.41) is 3.73. The molecule has 0 saturated carbocycles. The van der Waals surface area contributed by atoms with Gasteiger partial charge in [0, 0.05) is 24.8 Å². The molecule has 1 fully saturated rings. The topological polar surface area (TPSA) is 15.3 Å². The fraction of sp³-hybridized carbons (Fsp3) is 0.368. The fourth-order valence-corrected chi connectivity index (χ4v) is 3.19. The van der Waals surface area contributed by atoms with E-state index in [1.807, 2.05) is 0 Å². The minimum Gasteiger partial charge on any atom is -0.365 e. The number of rotatable bonds is 2. The zero-order chi connectivity index (χ0) is 14.9. The molecule has 0 amide bonds. The summed E-state index contributed by atoms with van der Waals surface area (Å²) in [7, 11) is 0. The van der Waals surface area contributed by atoms with Crippen molar-refractivity contribution in [1.29, 1.82) is 0 Å². The second-order valence-electron chi connectivity index (χ2n) is 6.39. The summed E-state index contributed by atoms with van der Waals surface area (Å²) in [6, 6.07) is 20.1. The highest BCUT2D eigenvalue weighted by molar-refractivity contribution is 5.51. The van der Waals surface area contributed by atoms with Crippen molar-refractivity contribution in [3.8, 4) is 0 Å². The maximum atomic E-state index is 3.73. The second-order valence-corrected chi connectivity index (χ2v) is 6.39. The Labute approximate surface area is 127 Å². The molecule has 110 valence electrons. The van der Waals surface area contributed by atoms with Crippen LogP contribution in [0, 0.1) is 6.92 Å². The highest BCUT2D eigenvalue weighted by atomic mass is 15.3. The summed E-state index contributed by atoms with van der Waals surface area (Å²) in [5.74, 6) is 0. The molecule has 2 aromatic carbocycles. The molecular weight excluding hydrogens is 256 g/mol. The van der Waals surface area contributed by atoms with Crippen molar-refractivity contribution in [3.05, 3.63) is 65.7 Å². The SMILES string of the molecule is Cc1cccc(N2CC(C)(c3ccccc3)NCC2C)c1. The van der Waals surface area contributed by atoms with Gasteiger partial charge in [-0.05, 0) is 44.0 Å². The monoisotopic (exact) mass is 280 g/mol. The van der Waals surface area contributed by atoms with Gasteiger partial charge >= 0.3 is 0 Å². The van der Waals surface area contributed by atoms with E-state index in [1.165, 1.54) is 16.8 Å². The zero-order valence-corrected chi connectivity index (χ0v) is 13.1. The van der Waals surface area contributed by atoms with Gasteiger partial charge in [-0.2, -0.15) is 0 Å². The van der Waals surface area contributed by atoms with E-state index in [0.717, 1.165) is 13.1 Å². The number of nitrogens with zero attached hydrogens (tertiary/aromatic N) is 1. The number of benzene rings is 2. The molecule has 2 atom stereocenters. The van der Waals surface area contributed by atoms with Crippen LogP contribution in [0.25, 0.3) is 0 Å². The van der Waals surface area contributed by atoms with Gasteiger partial charge in [0.2, 0.25) is 0 Å². The smallest absolute Gasteiger partial charge is 0.0584 e. The first-order valence-corrected chi connectivity index (χ1v) is 7.72. The van der Waals surface area contributed by atoms with Gasteiger partial charge in [0.05, 0.1) is 5.54 Å². The Balaban J connectivity index is 1.92. The van der Waals surface area contributed by atoms with E-state index in [0.29, 0.717) is 6.04 Å². The fourth-order valence-electron chi connectivity index (χ4n) is 3.19. The average Bonchev–Trinajstić information content (AvgIpc) is 2.51. The number of aryl methyl sites for hydroxylation is 1. The lowest BCUT2D eigenvalue weighted by Crippen LogP contribution is -2.60. The lowest BCUT2D eigenvalue weighted by molar-refractivity contribution is 0.299. The Hall–Kier alpha value is -1.80. The van der Waals surface area contributed by atoms with E-state index in [2.05, 4.69) is 85.6 Å². The predicted octanol–water partition coefficient (Wildman–Crippen LogP) is 3.71. The Morgan fingerprint density at radius 1 is 1.10 bits per heavy atom. The Morgan fingerprint density at radius 2 is 1.86 bits per heavy atom. The van der Waals surface area contributed by atoms with Crippen molar-refractivity contribution < 1.29 is 0 Å². The molecule has 1 aliphatic rings. The van der Waals surface area contributed by atoms with Crippen LogP contribution < -0.4 is 10.2 Å². The molecule has 21 heavy (non-hydrogen) atoms. The molecule has 2 aromatic rings. The number of hydrogen-bond acceptors (Lipinski definition) is 2. The van der Waals surface area contributed by atoms with Crippen molar-refractivity contribution in [1.82, 2.24) is 5.32 Å². The van der Waals surface area contributed by atoms with Gasteiger partial charge < -0.3 is 10.2 Å². The summed E-state index contributed by atoms with van der Waals surface area (Å²) in [6.07, 6.45) is 0. The van der Waals surface area contributed by atoms with Crippen LogP contribution in [0.1, 0.15) is 25.0 Å². The highest BCUT2D eigenvalue weighted by Gasteiger charge is 2.35. The molecule has 1 aliphatic heterocycles. The third kappa shape index (κ3) is 2.81. The first-order chi connectivity index (χ1) is 10.1. The van der Waals surface area contributed by atoms with Gasteiger partial charge in [-0.1, -0.05) is 42.5 Å². The van der Waals surface area contributed by atoms with Gasteiger partial charge in [-0.25, -0.2) is 0 Å². The first kappa shape index (κ1) is 14.2. The summed E-state index contributed by atoms with van der Waals surface area (Å²) in [6.45, 7) is 8.74. The maximum absolute atomic E-state index is 3.73. The number of piperazine rings is 1. The van der Waals surface area contributed by atoms with Crippen LogP contribution in [-0.4, -0.2) is 19.1 Å². The number of hydrogen-bond donors (Lipinski definition) is 1. The van der Waals surface area contributed by atoms with E-state index >= 15 is 0 Å². The van der Waals surface area contributed by atoms with Gasteiger partial charge in [-0.3, -0.25) is 0 Å². The lowest BCUT2D eigenvalue weighted by Gasteiger charge is -2.46. The summed E-state index contributed by atoms with van der Waals surface area (Å²) in [5.41, 5.74) is 4.00. The zero-order valence-electron chi connectivity index (χ0n) is 13.1. The third-order valence-corrected chi connectivity index (χ3v) is 4.55. The average molecular weight is 280 g/mol. The van der Waals surface area contributed by atoms with Crippen LogP contribution in [0.2, 0.25) is 0 Å². The molecule has 1 saturated heterocycles. The second kappa shape index (κ2) is 5.53. The number of anilines is 1. The van der Waals surface area contributed by atoms with Crippen LogP contribution in [0.3, 0.4) is 0 Å². The molecule has 0 spiro atoms. The first-order valence-electron chi connectivity index (χ1n) is 7.72. The molecule has 2 heteroatoms. The maximum Gasteiger partial charge on any atom is 0.0584 e. The quantitative estimate of drug-likeness (QED) is 0.902. The normalized spacial score (nSPS) is 25.9. The van der Waals surface area contributed by atoms with Gasteiger partial charge in [0.1, 0.15) is 0 Å². The van der Waals surface area contributed by atoms with Crippen molar-refractivity contribution in [2.75, 3.05) is 18.0 Å². The molecular formula is C19H24N2. The highest BCUT2D eigenvalue weighted by Crippen LogP contribution is 2.30. The molecule has 1 N–H and O–H groups in total. The minimum absolute atomic E-state index is 0.00246. The van der Waals surface area contributed by atoms with Crippen molar-refractivity contribution in [2.24, 2.45) is 0 Å². The van der Waals surface area contributed by atoms with E-state index in [1.54, 1.807) is 0 Å². The van der Waals surface area contributed by atoms with Gasteiger partial charge in [-0.15, -0.1) is 0 Å². The van der Waals surface area contributed by atoms with Crippen LogP contribution in [0.15, 0.2) is 54.6 Å². The number of nitrogens with one attached hydrogen (secondary N) is 1. The Bertz CT molecular complexity index is 608. The van der Waals surface area contributed by atoms with Crippen LogP contribution in [0.4, 0.5) is 5.69 Å². The predicted molar refractivity (Wildman–Crippen MR) is 89.8 cm³/mol. The van der Waals surface area contributed by atoms with Gasteiger partial charge in [0.25, 0.3) is 0 Å². The van der Waals surface area contributed by atoms with Crippen molar-refractivity contribution >= 4 is 5.69 Å². The van der Waals surface area contributed by atoms with Crippen molar-refractivity contribution in [3.63, 3.8) is 0 Å². The molecule has 0 bridgehead atoms. The van der Waals surface area contributed by atoms with Gasteiger partial charge in [0.15, 0.2) is 0 Å².